The van der Waals surface area contributed by atoms with E-state index in [-0.39, 0.29) is 0 Å². The Hall–Kier alpha value is -1.43. The van der Waals surface area contributed by atoms with Gasteiger partial charge in [0.25, 0.3) is 0 Å². The third kappa shape index (κ3) is 1.90. The second-order valence-electron chi connectivity index (χ2n) is 4.47. The average Bonchev–Trinajstić information content (AvgIpc) is 3.09. The van der Waals surface area contributed by atoms with Crippen LogP contribution in [-0.2, 0) is 6.54 Å². The summed E-state index contributed by atoms with van der Waals surface area (Å²) < 4.78 is 2.86. The third-order valence-corrected chi connectivity index (χ3v) is 3.96. The van der Waals surface area contributed by atoms with Crippen molar-refractivity contribution in [2.75, 3.05) is 5.73 Å². The fraction of sp³-hybridized carbons (Fsp3) is 0.417. The highest BCUT2D eigenvalue weighted by Crippen LogP contribution is 2.43. The zero-order valence-corrected chi connectivity index (χ0v) is 11.7. The molecule has 0 atom stereocenters. The first-order chi connectivity index (χ1) is 8.70. The summed E-state index contributed by atoms with van der Waals surface area (Å²) in [5.41, 5.74) is 7.90. The lowest BCUT2D eigenvalue weighted by atomic mass is 10.2. The number of imidazole rings is 1. The first-order valence-electron chi connectivity index (χ1n) is 6.04. The molecule has 1 aliphatic rings. The van der Waals surface area contributed by atoms with Crippen molar-refractivity contribution >= 4 is 21.7 Å². The Labute approximate surface area is 114 Å². The summed E-state index contributed by atoms with van der Waals surface area (Å²) in [5, 5.41) is 0. The second-order valence-corrected chi connectivity index (χ2v) is 5.26. The van der Waals surface area contributed by atoms with E-state index in [1.807, 2.05) is 4.57 Å². The summed E-state index contributed by atoms with van der Waals surface area (Å²) in [6.45, 7) is 2.91. The van der Waals surface area contributed by atoms with Crippen molar-refractivity contribution in [1.29, 1.82) is 0 Å². The highest BCUT2D eigenvalue weighted by Gasteiger charge is 2.29. The molecule has 0 spiro atoms. The number of rotatable bonds is 3. The molecule has 0 saturated heterocycles. The number of hydrogen-bond donors (Lipinski definition) is 1. The molecule has 18 heavy (non-hydrogen) atoms. The maximum absolute atomic E-state index is 5.96. The van der Waals surface area contributed by atoms with E-state index >= 15 is 0 Å². The molecule has 2 heterocycles. The summed E-state index contributed by atoms with van der Waals surface area (Å²) in [7, 11) is 0. The van der Waals surface area contributed by atoms with Gasteiger partial charge in [0, 0.05) is 12.5 Å². The maximum atomic E-state index is 5.96. The standard InChI is InChI=1S/C12H14BrN5/c1-2-18-6-15-5-8(18)12-16-10(7-3-4-7)9(13)11(14)17-12/h5-7H,2-4H2,1H3,(H2,14,16,17). The molecule has 2 aromatic heterocycles. The Morgan fingerprint density at radius 1 is 1.44 bits per heavy atom. The molecule has 1 aliphatic carbocycles. The molecule has 6 heteroatoms. The summed E-state index contributed by atoms with van der Waals surface area (Å²) >= 11 is 3.48. The minimum Gasteiger partial charge on any atom is -0.383 e. The minimum absolute atomic E-state index is 0.505. The summed E-state index contributed by atoms with van der Waals surface area (Å²) in [6.07, 6.45) is 5.93. The summed E-state index contributed by atoms with van der Waals surface area (Å²) in [6, 6.07) is 0. The first kappa shape index (κ1) is 11.6. The smallest absolute Gasteiger partial charge is 0.180 e. The molecule has 5 nitrogen and oxygen atoms in total. The topological polar surface area (TPSA) is 69.6 Å². The molecule has 1 saturated carbocycles. The van der Waals surface area contributed by atoms with Crippen molar-refractivity contribution in [3.8, 4) is 11.5 Å². The lowest BCUT2D eigenvalue weighted by Crippen LogP contribution is -2.05. The fourth-order valence-corrected chi connectivity index (χ4v) is 2.48. The number of hydrogen-bond acceptors (Lipinski definition) is 4. The number of anilines is 1. The van der Waals surface area contributed by atoms with Crippen molar-refractivity contribution in [2.45, 2.75) is 32.2 Å². The van der Waals surface area contributed by atoms with E-state index in [0.717, 1.165) is 22.4 Å². The van der Waals surface area contributed by atoms with E-state index in [2.05, 4.69) is 37.8 Å². The number of aromatic nitrogens is 4. The van der Waals surface area contributed by atoms with Crippen LogP contribution in [-0.4, -0.2) is 19.5 Å². The number of nitrogen functional groups attached to an aromatic ring is 1. The van der Waals surface area contributed by atoms with Crippen LogP contribution in [0.1, 0.15) is 31.4 Å². The quantitative estimate of drug-likeness (QED) is 0.946. The van der Waals surface area contributed by atoms with E-state index in [4.69, 9.17) is 5.73 Å². The van der Waals surface area contributed by atoms with Gasteiger partial charge in [-0.3, -0.25) is 0 Å². The van der Waals surface area contributed by atoms with Gasteiger partial charge in [-0.1, -0.05) is 0 Å². The molecule has 0 unspecified atom stereocenters. The Bertz CT molecular complexity index is 588. The number of nitrogens with zero attached hydrogens (tertiary/aromatic N) is 4. The minimum atomic E-state index is 0.505. The molecule has 0 radical (unpaired) electrons. The number of nitrogens with two attached hydrogens (primary N) is 1. The molecule has 3 rings (SSSR count). The summed E-state index contributed by atoms with van der Waals surface area (Å²) in [4.78, 5) is 13.1. The number of aryl methyl sites for hydroxylation is 1. The van der Waals surface area contributed by atoms with E-state index in [9.17, 15) is 0 Å². The van der Waals surface area contributed by atoms with E-state index in [0.29, 0.717) is 17.6 Å². The molecule has 2 aromatic rings. The maximum Gasteiger partial charge on any atom is 0.180 e. The zero-order chi connectivity index (χ0) is 12.7. The van der Waals surface area contributed by atoms with Gasteiger partial charge in [0.15, 0.2) is 5.82 Å². The van der Waals surface area contributed by atoms with Crippen LogP contribution in [0.2, 0.25) is 0 Å². The van der Waals surface area contributed by atoms with Gasteiger partial charge in [-0.2, -0.15) is 0 Å². The molecule has 2 N–H and O–H groups in total. The Morgan fingerprint density at radius 3 is 2.89 bits per heavy atom. The van der Waals surface area contributed by atoms with Crippen molar-refractivity contribution < 1.29 is 0 Å². The molecular formula is C12H14BrN5. The van der Waals surface area contributed by atoms with Gasteiger partial charge < -0.3 is 10.3 Å². The highest BCUT2D eigenvalue weighted by atomic mass is 79.9. The zero-order valence-electron chi connectivity index (χ0n) is 10.1. The van der Waals surface area contributed by atoms with Gasteiger partial charge in [-0.05, 0) is 35.7 Å². The van der Waals surface area contributed by atoms with Gasteiger partial charge in [-0.15, -0.1) is 0 Å². The first-order valence-corrected chi connectivity index (χ1v) is 6.83. The van der Waals surface area contributed by atoms with Gasteiger partial charge in [-0.25, -0.2) is 15.0 Å². The Kier molecular flexibility index (Phi) is 2.81. The molecule has 0 aliphatic heterocycles. The molecule has 0 bridgehead atoms. The van der Waals surface area contributed by atoms with Gasteiger partial charge in [0.05, 0.1) is 22.7 Å². The van der Waals surface area contributed by atoms with Gasteiger partial charge >= 0.3 is 0 Å². The lowest BCUT2D eigenvalue weighted by Gasteiger charge is -2.09. The SMILES string of the molecule is CCn1cncc1-c1nc(N)c(Br)c(C2CC2)n1. The Morgan fingerprint density at radius 2 is 2.22 bits per heavy atom. The lowest BCUT2D eigenvalue weighted by molar-refractivity contribution is 0.762. The number of halogens is 1. The van der Waals surface area contributed by atoms with E-state index in [1.165, 1.54) is 12.8 Å². The van der Waals surface area contributed by atoms with Gasteiger partial charge in [0.2, 0.25) is 0 Å². The monoisotopic (exact) mass is 307 g/mol. The average molecular weight is 308 g/mol. The van der Waals surface area contributed by atoms with Crippen LogP contribution in [0.15, 0.2) is 17.0 Å². The van der Waals surface area contributed by atoms with Crippen LogP contribution < -0.4 is 5.73 Å². The van der Waals surface area contributed by atoms with Crippen LogP contribution in [0, 0.1) is 0 Å². The van der Waals surface area contributed by atoms with Crippen molar-refractivity contribution in [3.63, 3.8) is 0 Å². The van der Waals surface area contributed by atoms with Crippen molar-refractivity contribution in [2.24, 2.45) is 0 Å². The molecular weight excluding hydrogens is 294 g/mol. The molecule has 0 aromatic carbocycles. The van der Waals surface area contributed by atoms with Crippen LogP contribution in [0.25, 0.3) is 11.5 Å². The fourth-order valence-electron chi connectivity index (χ4n) is 1.98. The molecule has 94 valence electrons. The summed E-state index contributed by atoms with van der Waals surface area (Å²) in [5.74, 6) is 1.70. The van der Waals surface area contributed by atoms with E-state index in [1.54, 1.807) is 12.5 Å². The largest absolute Gasteiger partial charge is 0.383 e. The highest BCUT2D eigenvalue weighted by molar-refractivity contribution is 9.10. The van der Waals surface area contributed by atoms with Crippen molar-refractivity contribution in [1.82, 2.24) is 19.5 Å². The van der Waals surface area contributed by atoms with Gasteiger partial charge in [0.1, 0.15) is 11.5 Å². The van der Waals surface area contributed by atoms with Crippen LogP contribution in [0.4, 0.5) is 5.82 Å². The molecule has 1 fully saturated rings. The second kappa shape index (κ2) is 4.35. The van der Waals surface area contributed by atoms with Crippen LogP contribution >= 0.6 is 15.9 Å². The predicted molar refractivity (Wildman–Crippen MR) is 73.0 cm³/mol. The normalized spacial score (nSPS) is 15.0. The van der Waals surface area contributed by atoms with Crippen LogP contribution in [0.5, 0.6) is 0 Å². The van der Waals surface area contributed by atoms with Crippen LogP contribution in [0.3, 0.4) is 0 Å². The van der Waals surface area contributed by atoms with E-state index < -0.39 is 0 Å². The Balaban J connectivity index is 2.12. The molecule has 0 amide bonds. The third-order valence-electron chi connectivity index (χ3n) is 3.15. The predicted octanol–water partition coefficient (Wildman–Crippen LogP) is 2.58. The van der Waals surface area contributed by atoms with Crippen molar-refractivity contribution in [3.05, 3.63) is 22.7 Å².